The summed E-state index contributed by atoms with van der Waals surface area (Å²) in [5.41, 5.74) is 0.442. The first-order valence-corrected chi connectivity index (χ1v) is 5.76. The van der Waals surface area contributed by atoms with Crippen molar-refractivity contribution >= 4 is 17.4 Å². The molecule has 0 atom stereocenters. The van der Waals surface area contributed by atoms with Gasteiger partial charge in [-0.1, -0.05) is 16.8 Å². The van der Waals surface area contributed by atoms with Crippen LogP contribution in [0.3, 0.4) is 0 Å². The number of halogens is 2. The highest BCUT2D eigenvalue weighted by molar-refractivity contribution is 6.33. The Kier molecular flexibility index (Phi) is 4.24. The van der Waals surface area contributed by atoms with Crippen LogP contribution in [-0.2, 0) is 16.0 Å². The molecule has 1 aromatic heterocycles. The minimum absolute atomic E-state index is 0.0142. The first kappa shape index (κ1) is 13.6. The molecule has 0 N–H and O–H groups in total. The number of hydrogen-bond donors (Lipinski definition) is 0. The van der Waals surface area contributed by atoms with Crippen molar-refractivity contribution in [3.05, 3.63) is 34.9 Å². The maximum atomic E-state index is 12.9. The molecule has 2 aromatic rings. The minimum atomic E-state index is -0.451. The molecule has 5 nitrogen and oxygen atoms in total. The van der Waals surface area contributed by atoms with Gasteiger partial charge < -0.3 is 9.26 Å². The summed E-state index contributed by atoms with van der Waals surface area (Å²) in [6, 6.07) is 3.85. The van der Waals surface area contributed by atoms with E-state index in [1.807, 2.05) is 0 Å². The first-order chi connectivity index (χ1) is 9.10. The smallest absolute Gasteiger partial charge is 0.234 e. The zero-order valence-corrected chi connectivity index (χ0v) is 10.8. The molecule has 0 aliphatic heterocycles. The van der Waals surface area contributed by atoms with Crippen molar-refractivity contribution in [3.63, 3.8) is 0 Å². The summed E-state index contributed by atoms with van der Waals surface area (Å²) in [6.07, 6.45) is -0.0142. The molecular weight excluding hydrogens is 275 g/mol. The molecule has 0 aliphatic carbocycles. The number of carbonyl (C=O) groups excluding carboxylic acids is 1. The summed E-state index contributed by atoms with van der Waals surface area (Å²) < 4.78 is 22.5. The summed E-state index contributed by atoms with van der Waals surface area (Å²) in [7, 11) is 1.43. The predicted molar refractivity (Wildman–Crippen MR) is 65.3 cm³/mol. The van der Waals surface area contributed by atoms with Gasteiger partial charge in [-0.25, -0.2) is 4.39 Å². The molecule has 0 amide bonds. The number of Topliss-reactive ketones (excluding diaryl/α,β-unsaturated/α-hetero) is 1. The standard InChI is InChI=1S/C12H10ClFN2O3/c1-18-6-8(17)5-11-15-12(16-19-11)9-3-2-7(14)4-10(9)13/h2-4H,5-6H2,1H3. The summed E-state index contributed by atoms with van der Waals surface area (Å²) >= 11 is 5.88. The third kappa shape index (κ3) is 3.36. The van der Waals surface area contributed by atoms with Crippen LogP contribution in [0.1, 0.15) is 5.89 Å². The van der Waals surface area contributed by atoms with Gasteiger partial charge in [-0.3, -0.25) is 4.79 Å². The van der Waals surface area contributed by atoms with Gasteiger partial charge in [0.05, 0.1) is 11.4 Å². The van der Waals surface area contributed by atoms with Gasteiger partial charge in [-0.15, -0.1) is 0 Å². The lowest BCUT2D eigenvalue weighted by molar-refractivity contribution is -0.122. The Morgan fingerprint density at radius 1 is 1.53 bits per heavy atom. The normalized spacial score (nSPS) is 10.7. The first-order valence-electron chi connectivity index (χ1n) is 5.39. The Labute approximate surface area is 113 Å². The third-order valence-electron chi connectivity index (χ3n) is 2.29. The summed E-state index contributed by atoms with van der Waals surface area (Å²) in [5.74, 6) is -0.252. The number of nitrogens with zero attached hydrogens (tertiary/aromatic N) is 2. The summed E-state index contributed by atoms with van der Waals surface area (Å²) in [5, 5.41) is 3.88. The number of ether oxygens (including phenoxy) is 1. The van der Waals surface area contributed by atoms with Gasteiger partial charge in [-0.05, 0) is 18.2 Å². The lowest BCUT2D eigenvalue weighted by Crippen LogP contribution is -2.09. The van der Waals surface area contributed by atoms with Crippen LogP contribution in [0.5, 0.6) is 0 Å². The summed E-state index contributed by atoms with van der Waals surface area (Å²) in [4.78, 5) is 15.4. The lowest BCUT2D eigenvalue weighted by Gasteiger charge is -1.97. The highest BCUT2D eigenvalue weighted by atomic mass is 35.5. The Morgan fingerprint density at radius 3 is 3.00 bits per heavy atom. The topological polar surface area (TPSA) is 65.2 Å². The number of ketones is 1. The Morgan fingerprint density at radius 2 is 2.32 bits per heavy atom. The molecule has 0 aliphatic rings. The maximum Gasteiger partial charge on any atom is 0.234 e. The molecule has 0 fully saturated rings. The second-order valence-electron chi connectivity index (χ2n) is 3.78. The van der Waals surface area contributed by atoms with Crippen LogP contribution in [0.25, 0.3) is 11.4 Å². The molecular formula is C12H10ClFN2O3. The highest BCUT2D eigenvalue weighted by Crippen LogP contribution is 2.26. The monoisotopic (exact) mass is 284 g/mol. The van der Waals surface area contributed by atoms with Crippen molar-refractivity contribution < 1.29 is 18.4 Å². The zero-order valence-electron chi connectivity index (χ0n) is 10.0. The van der Waals surface area contributed by atoms with E-state index in [0.29, 0.717) is 5.56 Å². The maximum absolute atomic E-state index is 12.9. The van der Waals surface area contributed by atoms with Crippen molar-refractivity contribution in [1.29, 1.82) is 0 Å². The van der Waals surface area contributed by atoms with Crippen LogP contribution in [0.2, 0.25) is 5.02 Å². The van der Waals surface area contributed by atoms with Crippen molar-refractivity contribution in [3.8, 4) is 11.4 Å². The molecule has 1 heterocycles. The Bertz CT molecular complexity index is 600. The highest BCUT2D eigenvalue weighted by Gasteiger charge is 2.14. The fraction of sp³-hybridized carbons (Fsp3) is 0.250. The van der Waals surface area contributed by atoms with E-state index in [1.165, 1.54) is 19.2 Å². The largest absolute Gasteiger partial charge is 0.377 e. The molecule has 100 valence electrons. The van der Waals surface area contributed by atoms with E-state index in [9.17, 15) is 9.18 Å². The number of rotatable bonds is 5. The fourth-order valence-corrected chi connectivity index (χ4v) is 1.74. The van der Waals surface area contributed by atoms with Gasteiger partial charge >= 0.3 is 0 Å². The Hall–Kier alpha value is -1.79. The van der Waals surface area contributed by atoms with Crippen LogP contribution < -0.4 is 0 Å². The van der Waals surface area contributed by atoms with E-state index in [4.69, 9.17) is 20.9 Å². The van der Waals surface area contributed by atoms with E-state index in [0.717, 1.165) is 6.07 Å². The van der Waals surface area contributed by atoms with Gasteiger partial charge in [0, 0.05) is 12.7 Å². The Balaban J connectivity index is 2.18. The van der Waals surface area contributed by atoms with Gasteiger partial charge in [0.25, 0.3) is 0 Å². The van der Waals surface area contributed by atoms with Crippen molar-refractivity contribution in [2.45, 2.75) is 6.42 Å². The van der Waals surface area contributed by atoms with Gasteiger partial charge in [0.2, 0.25) is 11.7 Å². The quantitative estimate of drug-likeness (QED) is 0.843. The van der Waals surface area contributed by atoms with Crippen LogP contribution in [-0.4, -0.2) is 29.6 Å². The molecule has 0 saturated heterocycles. The van der Waals surface area contributed by atoms with Gasteiger partial charge in [-0.2, -0.15) is 4.98 Å². The van der Waals surface area contributed by atoms with Gasteiger partial charge in [0.15, 0.2) is 5.78 Å². The molecule has 19 heavy (non-hydrogen) atoms. The molecule has 0 unspecified atom stereocenters. The third-order valence-corrected chi connectivity index (χ3v) is 2.61. The van der Waals surface area contributed by atoms with Crippen LogP contribution in [0.4, 0.5) is 4.39 Å². The second-order valence-corrected chi connectivity index (χ2v) is 4.19. The number of benzene rings is 1. The van der Waals surface area contributed by atoms with E-state index in [-0.39, 0.29) is 35.5 Å². The van der Waals surface area contributed by atoms with E-state index in [2.05, 4.69) is 10.1 Å². The average molecular weight is 285 g/mol. The molecule has 0 radical (unpaired) electrons. The lowest BCUT2D eigenvalue weighted by atomic mass is 10.2. The zero-order chi connectivity index (χ0) is 13.8. The molecule has 2 rings (SSSR count). The minimum Gasteiger partial charge on any atom is -0.377 e. The molecule has 7 heteroatoms. The van der Waals surface area contributed by atoms with Gasteiger partial charge in [0.1, 0.15) is 12.4 Å². The number of carbonyl (C=O) groups is 1. The molecule has 0 bridgehead atoms. The predicted octanol–water partition coefficient (Wildman–Crippen LogP) is 2.29. The van der Waals surface area contributed by atoms with Crippen LogP contribution >= 0.6 is 11.6 Å². The van der Waals surface area contributed by atoms with E-state index < -0.39 is 5.82 Å². The molecule has 0 saturated carbocycles. The second kappa shape index (κ2) is 5.90. The van der Waals surface area contributed by atoms with Crippen LogP contribution in [0.15, 0.2) is 22.7 Å². The van der Waals surface area contributed by atoms with E-state index in [1.54, 1.807) is 0 Å². The van der Waals surface area contributed by atoms with Crippen molar-refractivity contribution in [1.82, 2.24) is 10.1 Å². The molecule has 1 aromatic carbocycles. The number of aromatic nitrogens is 2. The fourth-order valence-electron chi connectivity index (χ4n) is 1.49. The number of hydrogen-bond acceptors (Lipinski definition) is 5. The molecule has 0 spiro atoms. The summed E-state index contributed by atoms with van der Waals surface area (Å²) in [6.45, 7) is -0.0188. The van der Waals surface area contributed by atoms with Crippen molar-refractivity contribution in [2.75, 3.05) is 13.7 Å². The average Bonchev–Trinajstić information content (AvgIpc) is 2.77. The van der Waals surface area contributed by atoms with Crippen molar-refractivity contribution in [2.24, 2.45) is 0 Å². The number of methoxy groups -OCH3 is 1. The van der Waals surface area contributed by atoms with E-state index >= 15 is 0 Å². The SMILES string of the molecule is COCC(=O)Cc1nc(-c2ccc(F)cc2Cl)no1. The van der Waals surface area contributed by atoms with Crippen LogP contribution in [0, 0.1) is 5.82 Å².